The van der Waals surface area contributed by atoms with E-state index in [0.717, 1.165) is 74.4 Å². The van der Waals surface area contributed by atoms with Crippen LogP contribution in [0, 0.1) is 47.3 Å². The van der Waals surface area contributed by atoms with Gasteiger partial charge in [-0.3, -0.25) is 43.1 Å². The van der Waals surface area contributed by atoms with Crippen molar-refractivity contribution in [1.82, 2.24) is 26.0 Å². The number of fused-ring (bicyclic) bond motifs is 15. The number of aromatic hydroxyl groups is 3. The predicted octanol–water partition coefficient (Wildman–Crippen LogP) is 9.61. The standard InChI is InChI=1S/C91H108Cl2N6O25S/c1-7-45(22-41(3)4)86(113)97-77-64(104)31-52(34-72(107)99-125-55-15-13-54(14-16-55)118-21-9-20-117-8-2)87(114)95-75-51-32-69(120-67-18-11-47(79(77)108)29-60(67)92)83(124-90-84(82(111)81(110)71(40-100)122-90)123-73-39-91(6,94)85(112)42(5)119-73)70(33-51)121-68-19-12-48(30-61(68)93)80(109)78-89(116)96-76(66(106)37-56-49-24-43-23-44(26-49)27-50(56)25-43)59-35-53(101)36-63(103)74(59)58-28-46(10-17-62(58)102)57(38-65(75)105)88(115)98-78/h10-19,28-30,32-33,35-36,41-45,49-50,52,56-57,71,73,75-82,84-85,90,100-103,108-112H,7-9,20-27,31,34,37-40,94H2,1-6H3,(H,95,114)(H,96,116)(H,97,113)(H,98,115)(H,99,107)/t42-,43?,44?,45-,49?,50?,52-,56?,57-,71+,73-,75+,76-,77-,78+,79+,80-,81-,82-,84-,85+,90-,91-/m0/s1. The fourth-order valence-electron chi connectivity index (χ4n) is 19.3. The summed E-state index contributed by atoms with van der Waals surface area (Å²) in [6.07, 6.45) is -14.3. The number of carbonyl (C=O) groups is 8. The van der Waals surface area contributed by atoms with Crippen LogP contribution in [0.1, 0.15) is 183 Å². The zero-order chi connectivity index (χ0) is 89.3. The van der Waals surface area contributed by atoms with Crippen molar-refractivity contribution in [3.8, 4) is 62.9 Å². The summed E-state index contributed by atoms with van der Waals surface area (Å²) in [4.78, 5) is 126. The number of rotatable bonds is 23. The molecule has 17 rings (SSSR count). The SMILES string of the molecule is CCOCCCOc1ccc(SNC(=O)C[C@@H]2CC(=O)[C@H](NC(=O)[C@@H](CC)CC(C)C)[C@H](O)c3ccc(c(Cl)c3)Oc3cc4cc(c3O[C@@H]3O[C@H](CO)[C@H](O)[C@H](O)[C@@H]3O[C@H]3C[C@](C)(N)[C@H](O)[C@H](C)O3)Oc3ccc(cc3Cl)[C@H](O)[C@H]3NC(=O)[C@@H](CC(=O)[C@@H]4NC2=O)c2ccc(O)c(c2)-c2c(O)cc(O)cc2[C@@H](C(=O)CC2C4CC5CC(C4)CC2C5)NC3=O)cc1. The van der Waals surface area contributed by atoms with Gasteiger partial charge in [-0.15, -0.1) is 0 Å². The molecule has 4 aliphatic carbocycles. The zero-order valence-corrected chi connectivity index (χ0v) is 72.2. The number of phenols is 3. The third kappa shape index (κ3) is 20.5. The number of nitrogens with two attached hydrogens (primary N) is 1. The van der Waals surface area contributed by atoms with Crippen molar-refractivity contribution < 1.29 is 122 Å². The summed E-state index contributed by atoms with van der Waals surface area (Å²) >= 11 is 15.4. The first-order chi connectivity index (χ1) is 59.6. The second kappa shape index (κ2) is 39.2. The van der Waals surface area contributed by atoms with E-state index in [0.29, 0.717) is 61.6 Å². The van der Waals surface area contributed by atoms with Crippen LogP contribution >= 0.6 is 35.1 Å². The molecule has 18 atom stereocenters. The highest BCUT2D eigenvalue weighted by Crippen LogP contribution is 2.59. The van der Waals surface area contributed by atoms with E-state index in [1.807, 2.05) is 20.8 Å². The van der Waals surface area contributed by atoms with E-state index in [-0.39, 0.29) is 97.0 Å². The predicted molar refractivity (Wildman–Crippen MR) is 453 cm³/mol. The van der Waals surface area contributed by atoms with E-state index < -0.39 is 216 Å². The summed E-state index contributed by atoms with van der Waals surface area (Å²) < 4.78 is 53.4. The fourth-order valence-corrected chi connectivity index (χ4v) is 20.3. The lowest BCUT2D eigenvalue weighted by molar-refractivity contribution is -0.333. The molecule has 6 fully saturated rings. The van der Waals surface area contributed by atoms with E-state index >= 15 is 28.8 Å². The maximum Gasteiger partial charge on any atom is 0.246 e. The molecule has 0 radical (unpaired) electrons. The molecule has 0 aromatic heterocycles. The number of ketones is 3. The third-order valence-corrected chi connectivity index (χ3v) is 27.0. The first-order valence-electron chi connectivity index (χ1n) is 42.6. The van der Waals surface area contributed by atoms with Crippen molar-refractivity contribution in [2.45, 2.75) is 227 Å². The molecule has 11 aliphatic rings. The Kier molecular flexibility index (Phi) is 28.8. The summed E-state index contributed by atoms with van der Waals surface area (Å²) in [5.41, 5.74) is 3.76. The van der Waals surface area contributed by atoms with Gasteiger partial charge >= 0.3 is 0 Å². The Morgan fingerprint density at radius 3 is 1.98 bits per heavy atom. The number of amides is 5. The largest absolute Gasteiger partial charge is 0.508 e. The number of benzene rings is 6. The van der Waals surface area contributed by atoms with Crippen LogP contribution in [0.4, 0.5) is 0 Å². The fraction of sp³-hybridized carbons (Fsp3) is 0.516. The average Bonchev–Trinajstić information content (AvgIpc) is 0.766. The average molecular weight is 1790 g/mol. The minimum atomic E-state index is -2.19. The normalized spacial score (nSPS) is 30.5. The van der Waals surface area contributed by atoms with Gasteiger partial charge in [-0.2, -0.15) is 0 Å². The van der Waals surface area contributed by atoms with Crippen molar-refractivity contribution in [1.29, 1.82) is 0 Å². The van der Waals surface area contributed by atoms with Gasteiger partial charge in [0, 0.05) is 85.3 Å². The number of phenolic OH excluding ortho intramolecular Hbond substituents is 3. The zero-order valence-electron chi connectivity index (χ0n) is 69.9. The van der Waals surface area contributed by atoms with E-state index in [1.165, 1.54) is 62.4 Å². The molecular formula is C91H108Cl2N6O25S. The first kappa shape index (κ1) is 92.0. The van der Waals surface area contributed by atoms with Crippen molar-refractivity contribution in [2.75, 3.05) is 26.4 Å². The second-order valence-corrected chi connectivity index (χ2v) is 36.7. The Morgan fingerprint density at radius 2 is 1.35 bits per heavy atom. The number of nitrogens with one attached hydrogen (secondary N) is 5. The van der Waals surface area contributed by atoms with Gasteiger partial charge in [0.1, 0.15) is 89.2 Å². The van der Waals surface area contributed by atoms with Gasteiger partial charge in [0.05, 0.1) is 47.3 Å². The number of halogens is 2. The maximum atomic E-state index is 16.8. The minimum Gasteiger partial charge on any atom is -0.508 e. The lowest BCUT2D eigenvalue weighted by Gasteiger charge is -2.54. The highest BCUT2D eigenvalue weighted by molar-refractivity contribution is 7.98. The van der Waals surface area contributed by atoms with Crippen LogP contribution in [0.5, 0.6) is 51.7 Å². The molecule has 0 spiro atoms. The van der Waals surface area contributed by atoms with Gasteiger partial charge in [-0.1, -0.05) is 62.2 Å². The van der Waals surface area contributed by atoms with Crippen molar-refractivity contribution in [2.24, 2.45) is 53.1 Å². The molecule has 2 saturated heterocycles. The topological polar surface area (TPSA) is 479 Å². The van der Waals surface area contributed by atoms with E-state index in [1.54, 1.807) is 31.2 Å². The smallest absolute Gasteiger partial charge is 0.246 e. The molecule has 125 heavy (non-hydrogen) atoms. The Morgan fingerprint density at radius 1 is 0.696 bits per heavy atom. The minimum absolute atomic E-state index is 0.0274. The molecule has 0 unspecified atom stereocenters. The molecule has 4 saturated carbocycles. The number of aliphatic hydroxyl groups is 6. The van der Waals surface area contributed by atoms with Gasteiger partial charge in [0.2, 0.25) is 41.6 Å². The van der Waals surface area contributed by atoms with E-state index in [2.05, 4.69) is 26.0 Å². The number of Topliss-reactive ketones (excluding diaryl/α,β-unsaturated/α-hetero) is 3. The monoisotopic (exact) mass is 1790 g/mol. The Labute approximate surface area is 736 Å². The summed E-state index contributed by atoms with van der Waals surface area (Å²) in [6, 6.07) is 14.3. The van der Waals surface area contributed by atoms with E-state index in [4.69, 9.17) is 66.8 Å². The second-order valence-electron chi connectivity index (χ2n) is 35.0. The highest BCUT2D eigenvalue weighted by Gasteiger charge is 2.53. The molecule has 5 amide bonds. The maximum absolute atomic E-state index is 16.8. The van der Waals surface area contributed by atoms with Crippen molar-refractivity contribution >= 4 is 82.0 Å². The summed E-state index contributed by atoms with van der Waals surface area (Å²) in [5, 5.41) is 118. The summed E-state index contributed by atoms with van der Waals surface area (Å²) in [7, 11) is 0. The quantitative estimate of drug-likeness (QED) is 0.0209. The summed E-state index contributed by atoms with van der Waals surface area (Å²) in [6.45, 7) is 10.9. The third-order valence-electron chi connectivity index (χ3n) is 25.5. The van der Waals surface area contributed by atoms with Crippen molar-refractivity contribution in [3.05, 3.63) is 141 Å². The molecule has 6 aromatic carbocycles. The Hall–Kier alpha value is -9.23. The van der Waals surface area contributed by atoms with E-state index in [9.17, 15) is 55.5 Å². The molecular weight excluding hydrogens is 1680 g/mol. The molecule has 16 N–H and O–H groups in total. The van der Waals surface area contributed by atoms with Crippen LogP contribution in [-0.4, -0.2) is 186 Å². The van der Waals surface area contributed by atoms with Gasteiger partial charge in [0.25, 0.3) is 0 Å². The number of hydrogen-bond donors (Lipinski definition) is 15. The van der Waals surface area contributed by atoms with Crippen LogP contribution in [0.15, 0.2) is 108 Å². The Bertz CT molecular complexity index is 4990. The van der Waals surface area contributed by atoms with Crippen LogP contribution < -0.4 is 50.7 Å². The Balaban J connectivity index is 0.950. The lowest BCUT2D eigenvalue weighted by atomic mass is 9.51. The van der Waals surface area contributed by atoms with Gasteiger partial charge in [-0.25, -0.2) is 0 Å². The molecule has 15 bridgehead atoms. The van der Waals surface area contributed by atoms with Crippen LogP contribution in [0.2, 0.25) is 10.0 Å². The van der Waals surface area contributed by atoms with Gasteiger partial charge < -0.3 is 111 Å². The van der Waals surface area contributed by atoms with Crippen molar-refractivity contribution in [3.63, 3.8) is 0 Å². The van der Waals surface area contributed by atoms with Crippen LogP contribution in [-0.2, 0) is 57.3 Å². The van der Waals surface area contributed by atoms with Gasteiger partial charge in [0.15, 0.2) is 41.2 Å². The molecule has 6 aromatic rings. The van der Waals surface area contributed by atoms with Crippen LogP contribution in [0.3, 0.4) is 0 Å². The molecule has 31 nitrogen and oxygen atoms in total. The number of aliphatic hydroxyl groups excluding tert-OH is 6. The van der Waals surface area contributed by atoms with Crippen LogP contribution in [0.25, 0.3) is 11.1 Å². The molecule has 34 heteroatoms. The molecule has 672 valence electrons. The number of carbonyl (C=O) groups excluding carboxylic acids is 8. The first-order valence-corrected chi connectivity index (χ1v) is 44.2. The summed E-state index contributed by atoms with van der Waals surface area (Å²) in [5.74, 6) is -14.6. The molecule has 7 heterocycles. The molecule has 7 aliphatic heterocycles. The lowest BCUT2D eigenvalue weighted by Crippen LogP contribution is -2.64. The number of ether oxygens (including phenoxy) is 8. The number of hydrogen-bond acceptors (Lipinski definition) is 27. The highest BCUT2D eigenvalue weighted by atomic mass is 35.5. The van der Waals surface area contributed by atoms with Gasteiger partial charge in [-0.05, 0) is 220 Å².